The molecule has 0 N–H and O–H groups in total. The summed E-state index contributed by atoms with van der Waals surface area (Å²) in [7, 11) is 2.51. The minimum absolute atomic E-state index is 0.0410. The Kier molecular flexibility index (Phi) is 4.68. The van der Waals surface area contributed by atoms with Crippen LogP contribution in [0.5, 0.6) is 0 Å². The van der Waals surface area contributed by atoms with Crippen molar-refractivity contribution in [3.8, 4) is 11.3 Å². The van der Waals surface area contributed by atoms with Crippen LogP contribution in [0.15, 0.2) is 34.7 Å². The molecular weight excluding hydrogens is 301 g/mol. The molecule has 0 aliphatic heterocycles. The second-order valence-electron chi connectivity index (χ2n) is 4.42. The molecule has 7 heteroatoms. The van der Waals surface area contributed by atoms with Gasteiger partial charge in [0.25, 0.3) is 0 Å². The van der Waals surface area contributed by atoms with Crippen molar-refractivity contribution in [1.82, 2.24) is 0 Å². The standard InChI is InChI=1S/C15H13F3O4/c1-20-14(21-2)11-5-3-9(7-12(11)15(16,17)18)13-6-4-10(8-19)22-13/h3-8,14H,1-2H3. The van der Waals surface area contributed by atoms with Gasteiger partial charge in [0.05, 0.1) is 5.56 Å². The molecule has 0 aliphatic carbocycles. The molecule has 0 spiro atoms. The van der Waals surface area contributed by atoms with Crippen molar-refractivity contribution in [2.24, 2.45) is 0 Å². The molecule has 0 unspecified atom stereocenters. The normalized spacial score (nSPS) is 11.9. The maximum absolute atomic E-state index is 13.3. The van der Waals surface area contributed by atoms with E-state index in [0.29, 0.717) is 6.29 Å². The lowest BCUT2D eigenvalue weighted by Crippen LogP contribution is -2.14. The number of carbonyl (C=O) groups is 1. The van der Waals surface area contributed by atoms with Gasteiger partial charge in [0.1, 0.15) is 5.76 Å². The van der Waals surface area contributed by atoms with Gasteiger partial charge in [-0.15, -0.1) is 0 Å². The Morgan fingerprint density at radius 2 is 1.82 bits per heavy atom. The Balaban J connectivity index is 2.54. The first-order valence-electron chi connectivity index (χ1n) is 6.22. The molecule has 1 heterocycles. The molecule has 2 rings (SSSR count). The van der Waals surface area contributed by atoms with Crippen LogP contribution in [-0.2, 0) is 15.7 Å². The van der Waals surface area contributed by atoms with E-state index in [2.05, 4.69) is 0 Å². The van der Waals surface area contributed by atoms with Crippen molar-refractivity contribution in [3.05, 3.63) is 47.2 Å². The average molecular weight is 314 g/mol. The lowest BCUT2D eigenvalue weighted by atomic mass is 10.0. The second-order valence-corrected chi connectivity index (χ2v) is 4.42. The van der Waals surface area contributed by atoms with Gasteiger partial charge in [-0.05, 0) is 18.2 Å². The summed E-state index contributed by atoms with van der Waals surface area (Å²) in [6, 6.07) is 6.47. The molecular formula is C15H13F3O4. The molecule has 0 saturated heterocycles. The highest BCUT2D eigenvalue weighted by molar-refractivity contribution is 5.73. The maximum atomic E-state index is 13.3. The fraction of sp³-hybridized carbons (Fsp3) is 0.267. The Morgan fingerprint density at radius 3 is 2.32 bits per heavy atom. The summed E-state index contributed by atoms with van der Waals surface area (Å²) in [6.45, 7) is 0. The van der Waals surface area contributed by atoms with Crippen molar-refractivity contribution in [1.29, 1.82) is 0 Å². The maximum Gasteiger partial charge on any atom is 0.416 e. The van der Waals surface area contributed by atoms with Gasteiger partial charge in [-0.2, -0.15) is 13.2 Å². The molecule has 1 aromatic heterocycles. The minimum Gasteiger partial charge on any atom is -0.453 e. The average Bonchev–Trinajstić information content (AvgIpc) is 2.96. The van der Waals surface area contributed by atoms with E-state index in [-0.39, 0.29) is 22.6 Å². The van der Waals surface area contributed by atoms with Crippen LogP contribution in [0.4, 0.5) is 13.2 Å². The number of aldehydes is 1. The molecule has 4 nitrogen and oxygen atoms in total. The third-order valence-electron chi connectivity index (χ3n) is 3.07. The van der Waals surface area contributed by atoms with E-state index in [4.69, 9.17) is 13.9 Å². The van der Waals surface area contributed by atoms with Crippen LogP contribution in [0.25, 0.3) is 11.3 Å². The number of hydrogen-bond donors (Lipinski definition) is 0. The van der Waals surface area contributed by atoms with Crippen LogP contribution >= 0.6 is 0 Å². The number of halogens is 3. The highest BCUT2D eigenvalue weighted by Gasteiger charge is 2.36. The smallest absolute Gasteiger partial charge is 0.416 e. The number of benzene rings is 1. The van der Waals surface area contributed by atoms with Crippen molar-refractivity contribution < 1.29 is 31.9 Å². The van der Waals surface area contributed by atoms with Crippen LogP contribution in [0.3, 0.4) is 0 Å². The van der Waals surface area contributed by atoms with Gasteiger partial charge in [-0.25, -0.2) is 0 Å². The summed E-state index contributed by atoms with van der Waals surface area (Å²) in [5.41, 5.74) is -0.818. The third kappa shape index (κ3) is 3.20. The van der Waals surface area contributed by atoms with Crippen molar-refractivity contribution >= 4 is 6.29 Å². The van der Waals surface area contributed by atoms with E-state index in [1.54, 1.807) is 0 Å². The van der Waals surface area contributed by atoms with Crippen molar-refractivity contribution in [2.45, 2.75) is 12.5 Å². The first-order chi connectivity index (χ1) is 10.4. The molecule has 0 amide bonds. The van der Waals surface area contributed by atoms with Gasteiger partial charge in [-0.1, -0.05) is 12.1 Å². The second kappa shape index (κ2) is 6.33. The topological polar surface area (TPSA) is 48.7 Å². The number of carbonyl (C=O) groups excluding carboxylic acids is 1. The van der Waals surface area contributed by atoms with Crippen LogP contribution in [0.1, 0.15) is 28.0 Å². The fourth-order valence-electron chi connectivity index (χ4n) is 2.08. The van der Waals surface area contributed by atoms with E-state index in [1.807, 2.05) is 0 Å². The third-order valence-corrected chi connectivity index (χ3v) is 3.07. The molecule has 118 valence electrons. The Hall–Kier alpha value is -2.12. The number of ether oxygens (including phenoxy) is 2. The molecule has 0 fully saturated rings. The Morgan fingerprint density at radius 1 is 1.14 bits per heavy atom. The lowest BCUT2D eigenvalue weighted by Gasteiger charge is -2.19. The SMILES string of the molecule is COC(OC)c1ccc(-c2ccc(C=O)o2)cc1C(F)(F)F. The predicted octanol–water partition coefficient (Wildman–Crippen LogP) is 4.07. The van der Waals surface area contributed by atoms with Crippen LogP contribution in [0, 0.1) is 0 Å². The summed E-state index contributed by atoms with van der Waals surface area (Å²) in [6.07, 6.45) is -5.23. The molecule has 0 bridgehead atoms. The Bertz CT molecular complexity index is 657. The monoisotopic (exact) mass is 314 g/mol. The van der Waals surface area contributed by atoms with Gasteiger partial charge in [0.15, 0.2) is 18.3 Å². The summed E-state index contributed by atoms with van der Waals surface area (Å²) in [4.78, 5) is 10.6. The van der Waals surface area contributed by atoms with Crippen molar-refractivity contribution in [2.75, 3.05) is 14.2 Å². The van der Waals surface area contributed by atoms with Gasteiger partial charge >= 0.3 is 6.18 Å². The summed E-state index contributed by atoms with van der Waals surface area (Å²) < 4.78 is 54.7. The number of alkyl halides is 3. The van der Waals surface area contributed by atoms with E-state index in [9.17, 15) is 18.0 Å². The van der Waals surface area contributed by atoms with Crippen LogP contribution in [0.2, 0.25) is 0 Å². The van der Waals surface area contributed by atoms with Crippen LogP contribution in [-0.4, -0.2) is 20.5 Å². The lowest BCUT2D eigenvalue weighted by molar-refractivity contribution is -0.147. The minimum atomic E-state index is -4.58. The fourth-order valence-corrected chi connectivity index (χ4v) is 2.08. The van der Waals surface area contributed by atoms with Crippen molar-refractivity contribution in [3.63, 3.8) is 0 Å². The molecule has 0 radical (unpaired) electrons. The van der Waals surface area contributed by atoms with Gasteiger partial charge in [0.2, 0.25) is 0 Å². The van der Waals surface area contributed by atoms with Crippen LogP contribution < -0.4 is 0 Å². The zero-order valence-electron chi connectivity index (χ0n) is 11.8. The first kappa shape index (κ1) is 16.3. The Labute approximate surface area is 124 Å². The van der Waals surface area contributed by atoms with E-state index < -0.39 is 18.0 Å². The molecule has 2 aromatic rings. The van der Waals surface area contributed by atoms with E-state index >= 15 is 0 Å². The summed E-state index contributed by atoms with van der Waals surface area (Å²) in [5.74, 6) is 0.213. The van der Waals surface area contributed by atoms with Gasteiger partial charge < -0.3 is 13.9 Å². The summed E-state index contributed by atoms with van der Waals surface area (Å²) in [5, 5.41) is 0. The number of rotatable bonds is 5. The quantitative estimate of drug-likeness (QED) is 0.616. The largest absolute Gasteiger partial charge is 0.453 e. The molecule has 0 saturated carbocycles. The molecule has 0 aliphatic rings. The molecule has 1 aromatic carbocycles. The number of furan rings is 1. The molecule has 22 heavy (non-hydrogen) atoms. The summed E-state index contributed by atoms with van der Waals surface area (Å²) >= 11 is 0. The number of methoxy groups -OCH3 is 2. The molecule has 0 atom stereocenters. The zero-order chi connectivity index (χ0) is 16.3. The van der Waals surface area contributed by atoms with Gasteiger partial charge in [-0.3, -0.25) is 4.79 Å². The van der Waals surface area contributed by atoms with E-state index in [0.717, 1.165) is 6.07 Å². The first-order valence-corrected chi connectivity index (χ1v) is 6.22. The highest BCUT2D eigenvalue weighted by Crippen LogP contribution is 2.38. The zero-order valence-corrected chi connectivity index (χ0v) is 11.8. The number of hydrogen-bond acceptors (Lipinski definition) is 4. The van der Waals surface area contributed by atoms with Gasteiger partial charge in [0, 0.05) is 25.3 Å². The highest BCUT2D eigenvalue weighted by atomic mass is 19.4. The predicted molar refractivity (Wildman–Crippen MR) is 71.3 cm³/mol. The van der Waals surface area contributed by atoms with E-state index in [1.165, 1.54) is 38.5 Å².